The largest absolute Gasteiger partial charge is 0.500 e. The van der Waals surface area contributed by atoms with Gasteiger partial charge in [-0.25, -0.2) is 0 Å². The third-order valence-electron chi connectivity index (χ3n) is 6.83. The van der Waals surface area contributed by atoms with Crippen molar-refractivity contribution in [2.45, 2.75) is 106 Å². The van der Waals surface area contributed by atoms with Crippen LogP contribution < -0.4 is 21.3 Å². The zero-order valence-corrected chi connectivity index (χ0v) is 33.8. The summed E-state index contributed by atoms with van der Waals surface area (Å²) in [6.45, 7) is 25.8. The second kappa shape index (κ2) is 28.4. The third kappa shape index (κ3) is 21.0. The summed E-state index contributed by atoms with van der Waals surface area (Å²) in [6, 6.07) is -0.416. The van der Waals surface area contributed by atoms with Gasteiger partial charge in [0.25, 0.3) is 0 Å². The number of rotatable bonds is 32. The van der Waals surface area contributed by atoms with Crippen molar-refractivity contribution in [2.75, 3.05) is 78.9 Å². The Labute approximate surface area is 293 Å². The molecular formula is C32H70N6O8Si2. The highest BCUT2D eigenvalue weighted by Crippen LogP contribution is 2.19. The first-order valence-corrected chi connectivity index (χ1v) is 22.0. The standard InChI is InChI=1S/C32H70N6O8Si2/c1-11-41-47(42-12-2,43-13-3)21-17-19-35-31(39)29(25-33-23-27(7)8)37-38-30(26-34-24-28(9)10)32(40)36-20-18-22-48(44-14-4,45-15-5)46-16-6/h27-30,33-34H,11-26H2,1-10H3,(H,35,39)(H,36,40). The van der Waals surface area contributed by atoms with Crippen LogP contribution in [0, 0.1) is 11.8 Å². The minimum Gasteiger partial charge on any atom is -0.374 e. The number of carbonyl (C=O) groups is 2. The Bertz CT molecular complexity index is 759. The van der Waals surface area contributed by atoms with Crippen LogP contribution in [0.1, 0.15) is 82.1 Å². The number of carbonyl (C=O) groups excluding carboxylic acids is 2. The maximum Gasteiger partial charge on any atom is 0.500 e. The normalized spacial score (nSPS) is 13.8. The van der Waals surface area contributed by atoms with Crippen molar-refractivity contribution in [1.29, 1.82) is 0 Å². The van der Waals surface area contributed by atoms with E-state index in [0.717, 1.165) is 13.1 Å². The minimum atomic E-state index is -2.81. The van der Waals surface area contributed by atoms with Crippen LogP contribution >= 0.6 is 0 Å². The SMILES string of the molecule is CCO[Si](CCCNC(=O)C(CNCC(C)C)N=NC(CNCC(C)C)C(=O)NCCC[Si](OCC)(OCC)OCC)(OCC)OCC. The van der Waals surface area contributed by atoms with Gasteiger partial charge in [-0.3, -0.25) is 9.59 Å². The number of hydrogen-bond acceptors (Lipinski definition) is 12. The van der Waals surface area contributed by atoms with Crippen molar-refractivity contribution in [3.63, 3.8) is 0 Å². The predicted molar refractivity (Wildman–Crippen MR) is 194 cm³/mol. The van der Waals surface area contributed by atoms with Gasteiger partial charge in [0.2, 0.25) is 11.8 Å². The zero-order chi connectivity index (χ0) is 36.3. The van der Waals surface area contributed by atoms with Crippen molar-refractivity contribution < 1.29 is 36.1 Å². The molecule has 0 aliphatic heterocycles. The van der Waals surface area contributed by atoms with Crippen LogP contribution in [0.25, 0.3) is 0 Å². The molecule has 0 fully saturated rings. The number of azo groups is 1. The van der Waals surface area contributed by atoms with Gasteiger partial charge in [0.1, 0.15) is 0 Å². The van der Waals surface area contributed by atoms with E-state index in [0.29, 0.717) is 103 Å². The first-order valence-electron chi connectivity index (χ1n) is 18.2. The van der Waals surface area contributed by atoms with Gasteiger partial charge < -0.3 is 47.8 Å². The van der Waals surface area contributed by atoms with E-state index in [1.54, 1.807) is 0 Å². The molecule has 2 atom stereocenters. The Hall–Kier alpha value is -1.35. The third-order valence-corrected chi connectivity index (χ3v) is 13.1. The van der Waals surface area contributed by atoms with Crippen molar-refractivity contribution in [3.05, 3.63) is 0 Å². The molecule has 0 bridgehead atoms. The summed E-state index contributed by atoms with van der Waals surface area (Å²) in [6.07, 6.45) is 1.26. The van der Waals surface area contributed by atoms with Gasteiger partial charge in [0, 0.05) is 77.9 Å². The molecule has 16 heteroatoms. The number of nitrogens with zero attached hydrogens (tertiary/aromatic N) is 2. The summed E-state index contributed by atoms with van der Waals surface area (Å²) in [5.41, 5.74) is 0. The Kier molecular flexibility index (Phi) is 27.6. The van der Waals surface area contributed by atoms with Crippen molar-refractivity contribution in [2.24, 2.45) is 22.1 Å². The Morgan fingerprint density at radius 2 is 0.812 bits per heavy atom. The zero-order valence-electron chi connectivity index (χ0n) is 31.8. The van der Waals surface area contributed by atoms with Gasteiger partial charge >= 0.3 is 17.6 Å². The van der Waals surface area contributed by atoms with Crippen LogP contribution in [0.5, 0.6) is 0 Å². The monoisotopic (exact) mass is 722 g/mol. The van der Waals surface area contributed by atoms with E-state index >= 15 is 0 Å². The van der Waals surface area contributed by atoms with E-state index in [2.05, 4.69) is 59.2 Å². The molecule has 0 saturated heterocycles. The fraction of sp³-hybridized carbons (Fsp3) is 0.938. The molecule has 0 aromatic rings. The van der Waals surface area contributed by atoms with Crippen LogP contribution in [0.3, 0.4) is 0 Å². The van der Waals surface area contributed by atoms with Gasteiger partial charge in [-0.2, -0.15) is 10.2 Å². The molecule has 2 unspecified atom stereocenters. The summed E-state index contributed by atoms with van der Waals surface area (Å²) >= 11 is 0. The molecule has 2 amide bonds. The lowest BCUT2D eigenvalue weighted by Gasteiger charge is -2.28. The average Bonchev–Trinajstić information content (AvgIpc) is 3.02. The molecular weight excluding hydrogens is 653 g/mol. The van der Waals surface area contributed by atoms with E-state index in [1.807, 2.05) is 41.5 Å². The number of amides is 2. The second-order valence-electron chi connectivity index (χ2n) is 12.1. The van der Waals surface area contributed by atoms with E-state index < -0.39 is 29.7 Å². The lowest BCUT2D eigenvalue weighted by molar-refractivity contribution is -0.123. The van der Waals surface area contributed by atoms with Crippen LogP contribution in [0.15, 0.2) is 10.2 Å². The first kappa shape index (κ1) is 46.7. The van der Waals surface area contributed by atoms with Gasteiger partial charge in [-0.1, -0.05) is 27.7 Å². The highest BCUT2D eigenvalue weighted by Gasteiger charge is 2.40. The maximum absolute atomic E-state index is 13.3. The van der Waals surface area contributed by atoms with Crippen molar-refractivity contribution in [3.8, 4) is 0 Å². The van der Waals surface area contributed by atoms with E-state index in [4.69, 9.17) is 26.6 Å². The van der Waals surface area contributed by atoms with Gasteiger partial charge in [-0.05, 0) is 79.3 Å². The highest BCUT2D eigenvalue weighted by atomic mass is 28.4. The summed E-state index contributed by atoms with van der Waals surface area (Å²) in [5, 5.41) is 21.5. The molecule has 0 heterocycles. The molecule has 0 rings (SSSR count). The minimum absolute atomic E-state index is 0.259. The number of hydrogen-bond donors (Lipinski definition) is 4. The Morgan fingerprint density at radius 3 is 1.06 bits per heavy atom. The number of nitrogens with one attached hydrogen (secondary N) is 4. The van der Waals surface area contributed by atoms with Gasteiger partial charge in [0.05, 0.1) is 0 Å². The van der Waals surface area contributed by atoms with Gasteiger partial charge in [0.15, 0.2) is 12.1 Å². The predicted octanol–water partition coefficient (Wildman–Crippen LogP) is 3.78. The van der Waals surface area contributed by atoms with Gasteiger partial charge in [-0.15, -0.1) is 0 Å². The molecule has 48 heavy (non-hydrogen) atoms. The molecule has 14 nitrogen and oxygen atoms in total. The average molecular weight is 723 g/mol. The molecule has 4 N–H and O–H groups in total. The smallest absolute Gasteiger partial charge is 0.374 e. The Balaban J connectivity index is 5.61. The molecule has 0 aromatic heterocycles. The maximum atomic E-state index is 13.3. The fourth-order valence-electron chi connectivity index (χ4n) is 4.82. The van der Waals surface area contributed by atoms with E-state index in [9.17, 15) is 9.59 Å². The summed E-state index contributed by atoms with van der Waals surface area (Å²) in [4.78, 5) is 26.7. The van der Waals surface area contributed by atoms with Crippen molar-refractivity contribution in [1.82, 2.24) is 21.3 Å². The molecule has 0 saturated carbocycles. The summed E-state index contributed by atoms with van der Waals surface area (Å²) in [7, 11) is -5.61. The lowest BCUT2D eigenvalue weighted by atomic mass is 10.2. The van der Waals surface area contributed by atoms with Crippen LogP contribution in [0.2, 0.25) is 12.1 Å². The molecule has 284 valence electrons. The van der Waals surface area contributed by atoms with Crippen LogP contribution in [-0.2, 0) is 36.1 Å². The fourth-order valence-corrected chi connectivity index (χ4v) is 10.0. The molecule has 0 aromatic carbocycles. The lowest BCUT2D eigenvalue weighted by Crippen LogP contribution is -2.47. The Morgan fingerprint density at radius 1 is 0.521 bits per heavy atom. The topological polar surface area (TPSA) is 162 Å². The van der Waals surface area contributed by atoms with E-state index in [-0.39, 0.29) is 11.8 Å². The van der Waals surface area contributed by atoms with Crippen LogP contribution in [-0.4, -0.2) is 120 Å². The van der Waals surface area contributed by atoms with Crippen molar-refractivity contribution >= 4 is 29.4 Å². The highest BCUT2D eigenvalue weighted by molar-refractivity contribution is 6.61. The molecule has 0 aliphatic rings. The molecule has 0 spiro atoms. The first-order chi connectivity index (χ1) is 23.0. The quantitative estimate of drug-likeness (QED) is 0.0457. The second-order valence-corrected chi connectivity index (χ2v) is 17.6. The summed E-state index contributed by atoms with van der Waals surface area (Å²) in [5.74, 6) is 0.274. The molecule has 0 radical (unpaired) electrons. The summed E-state index contributed by atoms with van der Waals surface area (Å²) < 4.78 is 35.6. The van der Waals surface area contributed by atoms with E-state index in [1.165, 1.54) is 0 Å². The van der Waals surface area contributed by atoms with Crippen LogP contribution in [0.4, 0.5) is 0 Å². The molecule has 0 aliphatic carbocycles.